The number of carbonyl (C=O) groups excluding carboxylic acids is 3. The van der Waals surface area contributed by atoms with Gasteiger partial charge in [0.15, 0.2) is 6.19 Å². The number of aliphatic imine (C=N–C) groups is 1. The lowest BCUT2D eigenvalue weighted by molar-refractivity contribution is -0.143. The van der Waals surface area contributed by atoms with Gasteiger partial charge in [-0.3, -0.25) is 19.7 Å². The highest BCUT2D eigenvalue weighted by atomic mass is 35.5. The number of ether oxygens (including phenoxy) is 1. The van der Waals surface area contributed by atoms with E-state index in [0.29, 0.717) is 23.7 Å². The number of alkyl halides is 1. The summed E-state index contributed by atoms with van der Waals surface area (Å²) in [5, 5.41) is 16.2. The molecule has 1 unspecified atom stereocenters. The van der Waals surface area contributed by atoms with Crippen LogP contribution in [-0.2, 0) is 14.3 Å². The van der Waals surface area contributed by atoms with Crippen molar-refractivity contribution in [2.45, 2.75) is 31.2 Å². The Morgan fingerprint density at radius 2 is 2.12 bits per heavy atom. The summed E-state index contributed by atoms with van der Waals surface area (Å²) < 4.78 is 4.92. The number of halogens is 2. The molecule has 0 saturated heterocycles. The molecule has 10 nitrogen and oxygen atoms in total. The molecule has 0 fully saturated rings. The van der Waals surface area contributed by atoms with Crippen LogP contribution in [0.2, 0.25) is 0 Å². The second kappa shape index (κ2) is 12.6. The molecule has 1 aromatic carbocycles. The summed E-state index contributed by atoms with van der Waals surface area (Å²) >= 11 is 12.7. The number of allylic oxidation sites excluding steroid dienone is 2. The third-order valence-corrected chi connectivity index (χ3v) is 5.00. The lowest BCUT2D eigenvalue weighted by Crippen LogP contribution is -2.47. The second-order valence-corrected chi connectivity index (χ2v) is 8.30. The van der Waals surface area contributed by atoms with Crippen LogP contribution < -0.4 is 21.7 Å². The SMILES string of the molecule is CCOC(=O)CCC1=CC(Cl)=CC(Cl)(NC(=O)CNC(=O)c2cccc(N=C(N)NC#N)c2)C1. The molecular weight excluding hydrogens is 483 g/mol. The Balaban J connectivity index is 1.92. The van der Waals surface area contributed by atoms with E-state index >= 15 is 0 Å². The molecule has 0 heterocycles. The fourth-order valence-corrected chi connectivity index (χ4v) is 3.89. The molecule has 0 bridgehead atoms. The highest BCUT2D eigenvalue weighted by Gasteiger charge is 2.31. The highest BCUT2D eigenvalue weighted by Crippen LogP contribution is 2.33. The van der Waals surface area contributed by atoms with Crippen LogP contribution in [-0.4, -0.2) is 41.9 Å². The van der Waals surface area contributed by atoms with Gasteiger partial charge in [-0.25, -0.2) is 4.99 Å². The van der Waals surface area contributed by atoms with Gasteiger partial charge in [0.25, 0.3) is 5.91 Å². The summed E-state index contributed by atoms with van der Waals surface area (Å²) in [6, 6.07) is 6.17. The van der Waals surface area contributed by atoms with Crippen LogP contribution in [0, 0.1) is 11.5 Å². The number of esters is 1. The first-order valence-electron chi connectivity index (χ1n) is 10.2. The number of benzene rings is 1. The monoisotopic (exact) mass is 506 g/mol. The van der Waals surface area contributed by atoms with Crippen molar-refractivity contribution in [1.82, 2.24) is 16.0 Å². The number of carbonyl (C=O) groups is 3. The Kier molecular flexibility index (Phi) is 9.92. The number of nitriles is 1. The molecule has 0 aliphatic heterocycles. The van der Waals surface area contributed by atoms with E-state index in [4.69, 9.17) is 38.9 Å². The lowest BCUT2D eigenvalue weighted by atomic mass is 9.96. The molecule has 0 spiro atoms. The van der Waals surface area contributed by atoms with Crippen molar-refractivity contribution in [2.24, 2.45) is 10.7 Å². The van der Waals surface area contributed by atoms with Gasteiger partial charge >= 0.3 is 5.97 Å². The number of nitrogens with zero attached hydrogens (tertiary/aromatic N) is 2. The quantitative estimate of drug-likeness (QED) is 0.0759. The van der Waals surface area contributed by atoms with Gasteiger partial charge in [0.1, 0.15) is 5.00 Å². The molecule has 2 rings (SSSR count). The number of rotatable bonds is 9. The molecule has 180 valence electrons. The molecule has 34 heavy (non-hydrogen) atoms. The van der Waals surface area contributed by atoms with Gasteiger partial charge in [-0.15, -0.1) is 0 Å². The molecule has 0 saturated carbocycles. The molecule has 5 N–H and O–H groups in total. The molecule has 12 heteroatoms. The average molecular weight is 507 g/mol. The van der Waals surface area contributed by atoms with E-state index in [2.05, 4.69) is 20.9 Å². The van der Waals surface area contributed by atoms with Crippen molar-refractivity contribution in [2.75, 3.05) is 13.2 Å². The van der Waals surface area contributed by atoms with E-state index in [1.165, 1.54) is 18.2 Å². The summed E-state index contributed by atoms with van der Waals surface area (Å²) in [6.07, 6.45) is 5.62. The first-order valence-corrected chi connectivity index (χ1v) is 11.0. The van der Waals surface area contributed by atoms with Crippen LogP contribution in [0.25, 0.3) is 0 Å². The van der Waals surface area contributed by atoms with Crippen LogP contribution >= 0.6 is 23.2 Å². The first-order chi connectivity index (χ1) is 16.1. The molecular formula is C22H24Cl2N6O4. The van der Waals surface area contributed by atoms with Gasteiger partial charge in [0, 0.05) is 23.4 Å². The highest BCUT2D eigenvalue weighted by molar-refractivity contribution is 6.33. The van der Waals surface area contributed by atoms with Crippen molar-refractivity contribution >= 4 is 52.6 Å². The van der Waals surface area contributed by atoms with Crippen LogP contribution in [0.1, 0.15) is 36.5 Å². The molecule has 1 aliphatic carbocycles. The van der Waals surface area contributed by atoms with E-state index in [9.17, 15) is 14.4 Å². The number of nitrogens with one attached hydrogen (secondary N) is 3. The first kappa shape index (κ1) is 26.7. The Hall–Kier alpha value is -3.55. The zero-order chi connectivity index (χ0) is 25.1. The minimum absolute atomic E-state index is 0.123. The summed E-state index contributed by atoms with van der Waals surface area (Å²) in [4.78, 5) is 39.1. The Bertz CT molecular complexity index is 1080. The Morgan fingerprint density at radius 3 is 2.82 bits per heavy atom. The zero-order valence-electron chi connectivity index (χ0n) is 18.4. The number of hydrogen-bond acceptors (Lipinski definition) is 6. The molecule has 0 aromatic heterocycles. The average Bonchev–Trinajstić information content (AvgIpc) is 2.75. The van der Waals surface area contributed by atoms with E-state index < -0.39 is 16.8 Å². The Labute approximate surface area is 206 Å². The van der Waals surface area contributed by atoms with Crippen molar-refractivity contribution in [3.8, 4) is 6.19 Å². The molecule has 2 amide bonds. The van der Waals surface area contributed by atoms with E-state index in [1.54, 1.807) is 31.3 Å². The minimum Gasteiger partial charge on any atom is -0.466 e. The minimum atomic E-state index is -1.29. The fourth-order valence-electron chi connectivity index (χ4n) is 3.10. The number of nitrogens with two attached hydrogens (primary N) is 1. The number of amides is 2. The third kappa shape index (κ3) is 8.77. The molecule has 1 atom stereocenters. The van der Waals surface area contributed by atoms with Crippen molar-refractivity contribution in [1.29, 1.82) is 5.26 Å². The smallest absolute Gasteiger partial charge is 0.306 e. The lowest BCUT2D eigenvalue weighted by Gasteiger charge is -2.29. The van der Waals surface area contributed by atoms with E-state index in [1.807, 2.05) is 0 Å². The van der Waals surface area contributed by atoms with Crippen molar-refractivity contribution < 1.29 is 19.1 Å². The number of hydrogen-bond donors (Lipinski definition) is 4. The number of guanidine groups is 1. The van der Waals surface area contributed by atoms with E-state index in [0.717, 1.165) is 5.57 Å². The fraction of sp³-hybridized carbons (Fsp3) is 0.318. The maximum atomic E-state index is 12.4. The Morgan fingerprint density at radius 1 is 1.35 bits per heavy atom. The standard InChI is InChI=1S/C22H24Cl2N6O4/c1-2-34-19(32)7-6-14-8-16(23)11-22(24,10-14)30-18(31)12-27-20(33)15-4-3-5-17(9-15)29-21(26)28-13-25/h3-5,8-9,11H,2,6-7,10,12H2,1H3,(H,27,33)(H,30,31)(H3,26,28,29). The van der Waals surface area contributed by atoms with Crippen LogP contribution in [0.3, 0.4) is 0 Å². The van der Waals surface area contributed by atoms with Crippen LogP contribution in [0.4, 0.5) is 5.69 Å². The van der Waals surface area contributed by atoms with Crippen molar-refractivity contribution in [3.63, 3.8) is 0 Å². The van der Waals surface area contributed by atoms with Gasteiger partial charge in [-0.05, 0) is 43.7 Å². The predicted molar refractivity (Wildman–Crippen MR) is 128 cm³/mol. The van der Waals surface area contributed by atoms with Gasteiger partial charge in [0.05, 0.1) is 18.8 Å². The maximum absolute atomic E-state index is 12.4. The molecule has 1 aromatic rings. The summed E-state index contributed by atoms with van der Waals surface area (Å²) in [6.45, 7) is 1.68. The normalized spacial score (nSPS) is 17.5. The van der Waals surface area contributed by atoms with E-state index in [-0.39, 0.29) is 36.9 Å². The van der Waals surface area contributed by atoms with Crippen LogP contribution in [0.5, 0.6) is 0 Å². The third-order valence-electron chi connectivity index (χ3n) is 4.45. The van der Waals surface area contributed by atoms with Crippen LogP contribution in [0.15, 0.2) is 52.0 Å². The second-order valence-electron chi connectivity index (χ2n) is 7.19. The largest absolute Gasteiger partial charge is 0.466 e. The summed E-state index contributed by atoms with van der Waals surface area (Å²) in [5.74, 6) is -1.51. The van der Waals surface area contributed by atoms with Gasteiger partial charge in [-0.1, -0.05) is 34.8 Å². The summed E-state index contributed by atoms with van der Waals surface area (Å²) in [7, 11) is 0. The van der Waals surface area contributed by atoms with Crippen molar-refractivity contribution in [3.05, 3.63) is 52.6 Å². The molecule has 0 radical (unpaired) electrons. The van der Waals surface area contributed by atoms with Gasteiger partial charge in [0.2, 0.25) is 11.9 Å². The maximum Gasteiger partial charge on any atom is 0.306 e. The molecule has 1 aliphatic rings. The topological polar surface area (TPSA) is 159 Å². The zero-order valence-corrected chi connectivity index (χ0v) is 19.9. The van der Waals surface area contributed by atoms with Gasteiger partial charge in [-0.2, -0.15) is 5.26 Å². The predicted octanol–water partition coefficient (Wildman–Crippen LogP) is 2.28. The summed E-state index contributed by atoms with van der Waals surface area (Å²) in [5.41, 5.74) is 6.89. The van der Waals surface area contributed by atoms with Gasteiger partial charge < -0.3 is 21.1 Å².